The van der Waals surface area contributed by atoms with Gasteiger partial charge in [0, 0.05) is 30.2 Å². The lowest BCUT2D eigenvalue weighted by molar-refractivity contribution is 0.650. The Morgan fingerprint density at radius 2 is 2.43 bits per heavy atom. The van der Waals surface area contributed by atoms with Gasteiger partial charge in [-0.2, -0.15) is 5.10 Å². The fourth-order valence-corrected chi connectivity index (χ4v) is 1.96. The first-order valence-corrected chi connectivity index (χ1v) is 5.32. The van der Waals surface area contributed by atoms with Crippen molar-refractivity contribution in [2.24, 2.45) is 0 Å². The number of nitrogen functional groups attached to an aromatic ring is 1. The van der Waals surface area contributed by atoms with Crippen LogP contribution in [0.4, 0.5) is 5.13 Å². The van der Waals surface area contributed by atoms with Gasteiger partial charge in [-0.05, 0) is 13.0 Å². The van der Waals surface area contributed by atoms with Crippen LogP contribution >= 0.6 is 11.3 Å². The molecule has 0 fully saturated rings. The number of rotatable bonds is 3. The molecule has 74 valence electrons. The van der Waals surface area contributed by atoms with Crippen molar-refractivity contribution in [1.29, 1.82) is 0 Å². The number of aromatic nitrogens is 3. The number of hydrogen-bond acceptors (Lipinski definition) is 4. The molecule has 0 aromatic carbocycles. The number of anilines is 1. The highest BCUT2D eigenvalue weighted by molar-refractivity contribution is 7.15. The Morgan fingerprint density at radius 3 is 3.00 bits per heavy atom. The summed E-state index contributed by atoms with van der Waals surface area (Å²) < 4.78 is 1.92. The van der Waals surface area contributed by atoms with Crippen LogP contribution in [0.5, 0.6) is 0 Å². The first kappa shape index (κ1) is 9.21. The molecule has 2 aromatic heterocycles. The van der Waals surface area contributed by atoms with Crippen LogP contribution in [0.25, 0.3) is 0 Å². The summed E-state index contributed by atoms with van der Waals surface area (Å²) in [6, 6.07) is 2.03. The molecule has 14 heavy (non-hydrogen) atoms. The first-order chi connectivity index (χ1) is 6.78. The molecule has 0 bridgehead atoms. The maximum Gasteiger partial charge on any atom is 0.180 e. The molecule has 0 spiro atoms. The summed E-state index contributed by atoms with van der Waals surface area (Å²) in [6.07, 6.45) is 4.62. The van der Waals surface area contributed by atoms with Crippen LogP contribution in [0.2, 0.25) is 0 Å². The maximum atomic E-state index is 5.55. The van der Waals surface area contributed by atoms with Gasteiger partial charge in [0.25, 0.3) is 0 Å². The highest BCUT2D eigenvalue weighted by Gasteiger charge is 2.03. The van der Waals surface area contributed by atoms with Crippen LogP contribution in [0.1, 0.15) is 17.5 Å². The van der Waals surface area contributed by atoms with Gasteiger partial charge in [0.1, 0.15) is 0 Å². The van der Waals surface area contributed by atoms with Gasteiger partial charge in [0.2, 0.25) is 0 Å². The third-order valence-electron chi connectivity index (χ3n) is 1.95. The van der Waals surface area contributed by atoms with Gasteiger partial charge in [-0.1, -0.05) is 0 Å². The van der Waals surface area contributed by atoms with Crippen LogP contribution in [0, 0.1) is 0 Å². The van der Waals surface area contributed by atoms with Gasteiger partial charge >= 0.3 is 0 Å². The summed E-state index contributed by atoms with van der Waals surface area (Å²) in [4.78, 5) is 5.16. The van der Waals surface area contributed by atoms with Crippen molar-refractivity contribution in [3.63, 3.8) is 0 Å². The molecule has 2 heterocycles. The lowest BCUT2D eigenvalue weighted by atomic mass is 10.3. The van der Waals surface area contributed by atoms with E-state index in [-0.39, 0.29) is 0 Å². The second kappa shape index (κ2) is 3.79. The van der Waals surface area contributed by atoms with Gasteiger partial charge in [-0.3, -0.25) is 4.68 Å². The monoisotopic (exact) mass is 208 g/mol. The topological polar surface area (TPSA) is 56.7 Å². The van der Waals surface area contributed by atoms with Gasteiger partial charge in [0.15, 0.2) is 5.13 Å². The van der Waals surface area contributed by atoms with E-state index in [9.17, 15) is 0 Å². The summed E-state index contributed by atoms with van der Waals surface area (Å²) >= 11 is 1.52. The van der Waals surface area contributed by atoms with Gasteiger partial charge in [0.05, 0.1) is 5.69 Å². The van der Waals surface area contributed by atoms with E-state index in [2.05, 4.69) is 17.0 Å². The van der Waals surface area contributed by atoms with Crippen molar-refractivity contribution in [2.75, 3.05) is 5.73 Å². The van der Waals surface area contributed by atoms with Crippen LogP contribution in [-0.2, 0) is 13.0 Å². The summed E-state index contributed by atoms with van der Waals surface area (Å²) in [5, 5.41) is 5.01. The molecule has 0 saturated carbocycles. The molecule has 0 aliphatic rings. The third kappa shape index (κ3) is 1.93. The highest BCUT2D eigenvalue weighted by Crippen LogP contribution is 2.17. The Balaban J connectivity index is 2.10. The maximum absolute atomic E-state index is 5.55. The second-order valence-corrected chi connectivity index (χ2v) is 4.15. The van der Waals surface area contributed by atoms with E-state index in [4.69, 9.17) is 5.73 Å². The van der Waals surface area contributed by atoms with Gasteiger partial charge in [-0.15, -0.1) is 11.3 Å². The first-order valence-electron chi connectivity index (χ1n) is 4.50. The predicted molar refractivity (Wildman–Crippen MR) is 57.2 cm³/mol. The molecule has 2 N–H and O–H groups in total. The van der Waals surface area contributed by atoms with Crippen molar-refractivity contribution < 1.29 is 0 Å². The zero-order valence-electron chi connectivity index (χ0n) is 7.97. The number of nitrogens with zero attached hydrogens (tertiary/aromatic N) is 3. The van der Waals surface area contributed by atoms with Crippen molar-refractivity contribution in [1.82, 2.24) is 14.8 Å². The third-order valence-corrected chi connectivity index (χ3v) is 2.77. The standard InChI is InChI=1S/C9H12N4S/c1-2-13-4-3-7(12-13)5-8-6-11-9(10)14-8/h3-4,6H,2,5H2,1H3,(H2,10,11). The number of aryl methyl sites for hydroxylation is 1. The average Bonchev–Trinajstić information content (AvgIpc) is 2.76. The summed E-state index contributed by atoms with van der Waals surface area (Å²) in [5.74, 6) is 0. The minimum atomic E-state index is 0.620. The lowest BCUT2D eigenvalue weighted by Crippen LogP contribution is -1.95. The van der Waals surface area contributed by atoms with E-state index in [1.807, 2.05) is 23.1 Å². The molecule has 2 rings (SSSR count). The minimum absolute atomic E-state index is 0.620. The smallest absolute Gasteiger partial charge is 0.180 e. The van der Waals surface area contributed by atoms with Crippen LogP contribution < -0.4 is 5.73 Å². The van der Waals surface area contributed by atoms with Crippen molar-refractivity contribution >= 4 is 16.5 Å². The Morgan fingerprint density at radius 1 is 1.57 bits per heavy atom. The molecule has 0 atom stereocenters. The lowest BCUT2D eigenvalue weighted by Gasteiger charge is -1.93. The fourth-order valence-electron chi connectivity index (χ4n) is 1.26. The highest BCUT2D eigenvalue weighted by atomic mass is 32.1. The molecule has 0 amide bonds. The SMILES string of the molecule is CCn1ccc(Cc2cnc(N)s2)n1. The van der Waals surface area contributed by atoms with E-state index in [0.717, 1.165) is 23.5 Å². The predicted octanol–water partition coefficient (Wildman–Crippen LogP) is 1.53. The van der Waals surface area contributed by atoms with E-state index in [0.29, 0.717) is 5.13 Å². The Bertz CT molecular complexity index is 418. The van der Waals surface area contributed by atoms with E-state index >= 15 is 0 Å². The molecule has 0 saturated heterocycles. The van der Waals surface area contributed by atoms with E-state index < -0.39 is 0 Å². The van der Waals surface area contributed by atoms with E-state index in [1.54, 1.807) is 0 Å². The number of nitrogens with two attached hydrogens (primary N) is 1. The van der Waals surface area contributed by atoms with E-state index in [1.165, 1.54) is 11.3 Å². The Hall–Kier alpha value is -1.36. The number of hydrogen-bond donors (Lipinski definition) is 1. The summed E-state index contributed by atoms with van der Waals surface area (Å²) in [7, 11) is 0. The molecule has 5 heteroatoms. The Labute approximate surface area is 86.4 Å². The van der Waals surface area contributed by atoms with Gasteiger partial charge in [-0.25, -0.2) is 4.98 Å². The molecule has 2 aromatic rings. The average molecular weight is 208 g/mol. The summed E-state index contributed by atoms with van der Waals surface area (Å²) in [6.45, 7) is 2.98. The fraction of sp³-hybridized carbons (Fsp3) is 0.333. The molecule has 4 nitrogen and oxygen atoms in total. The summed E-state index contributed by atoms with van der Waals surface area (Å²) in [5.41, 5.74) is 6.61. The second-order valence-electron chi connectivity index (χ2n) is 3.00. The molecule has 0 radical (unpaired) electrons. The van der Waals surface area contributed by atoms with Crippen molar-refractivity contribution in [3.8, 4) is 0 Å². The normalized spacial score (nSPS) is 10.6. The van der Waals surface area contributed by atoms with Crippen LogP contribution in [0.3, 0.4) is 0 Å². The minimum Gasteiger partial charge on any atom is -0.375 e. The van der Waals surface area contributed by atoms with Crippen molar-refractivity contribution in [2.45, 2.75) is 19.9 Å². The molecular weight excluding hydrogens is 196 g/mol. The zero-order valence-corrected chi connectivity index (χ0v) is 8.79. The molecule has 0 aliphatic carbocycles. The molecule has 0 unspecified atom stereocenters. The van der Waals surface area contributed by atoms with Gasteiger partial charge < -0.3 is 5.73 Å². The quantitative estimate of drug-likeness (QED) is 0.832. The zero-order chi connectivity index (χ0) is 9.97. The van der Waals surface area contributed by atoms with Crippen molar-refractivity contribution in [3.05, 3.63) is 29.0 Å². The van der Waals surface area contributed by atoms with Crippen LogP contribution in [0.15, 0.2) is 18.5 Å². The molecular formula is C9H12N4S. The molecule has 0 aliphatic heterocycles. The number of thiazole rings is 1. The Kier molecular flexibility index (Phi) is 2.49. The van der Waals surface area contributed by atoms with Crippen LogP contribution in [-0.4, -0.2) is 14.8 Å². The largest absolute Gasteiger partial charge is 0.375 e.